The second-order valence-corrected chi connectivity index (χ2v) is 5.88. The zero-order valence-electron chi connectivity index (χ0n) is 10.5. The lowest BCUT2D eigenvalue weighted by Gasteiger charge is -2.11. The van der Waals surface area contributed by atoms with E-state index < -0.39 is 0 Å². The minimum Gasteiger partial charge on any atom is -0.456 e. The van der Waals surface area contributed by atoms with Crippen molar-refractivity contribution in [1.82, 2.24) is 0 Å². The second-order valence-electron chi connectivity index (χ2n) is 4.23. The molecule has 4 heteroatoms. The van der Waals surface area contributed by atoms with Crippen molar-refractivity contribution in [2.45, 2.75) is 13.8 Å². The minimum absolute atomic E-state index is 0.599. The number of nitrogens with zero attached hydrogens (tertiary/aromatic N) is 1. The zero-order valence-corrected chi connectivity index (χ0v) is 13.7. The van der Waals surface area contributed by atoms with E-state index in [-0.39, 0.29) is 0 Å². The molecule has 0 saturated carbocycles. The average Bonchev–Trinajstić information content (AvgIpc) is 2.38. The van der Waals surface area contributed by atoms with Crippen molar-refractivity contribution in [3.8, 4) is 17.6 Å². The zero-order chi connectivity index (χ0) is 14.0. The van der Waals surface area contributed by atoms with Crippen molar-refractivity contribution in [3.63, 3.8) is 0 Å². The van der Waals surface area contributed by atoms with Crippen molar-refractivity contribution in [1.29, 1.82) is 5.26 Å². The van der Waals surface area contributed by atoms with Crippen LogP contribution in [-0.4, -0.2) is 0 Å². The number of halogens is 2. The third-order valence-electron chi connectivity index (χ3n) is 2.70. The molecule has 0 fully saturated rings. The summed E-state index contributed by atoms with van der Waals surface area (Å²) in [7, 11) is 0. The van der Waals surface area contributed by atoms with Crippen molar-refractivity contribution in [3.05, 3.63) is 56.0 Å². The quantitative estimate of drug-likeness (QED) is 0.689. The first kappa shape index (κ1) is 14.1. The number of hydrogen-bond donors (Lipinski definition) is 0. The van der Waals surface area contributed by atoms with Gasteiger partial charge in [0.05, 0.1) is 16.1 Å². The summed E-state index contributed by atoms with van der Waals surface area (Å²) >= 11 is 6.94. The van der Waals surface area contributed by atoms with Gasteiger partial charge in [0.1, 0.15) is 11.5 Å². The molecule has 0 N–H and O–H groups in total. The molecule has 0 aliphatic rings. The predicted molar refractivity (Wildman–Crippen MR) is 82.5 cm³/mol. The Morgan fingerprint density at radius 3 is 2.21 bits per heavy atom. The van der Waals surface area contributed by atoms with E-state index in [0.717, 1.165) is 25.8 Å². The van der Waals surface area contributed by atoms with Crippen molar-refractivity contribution < 1.29 is 4.74 Å². The Kier molecular flexibility index (Phi) is 4.28. The fourth-order valence-corrected chi connectivity index (χ4v) is 2.43. The topological polar surface area (TPSA) is 33.0 Å². The molecule has 0 spiro atoms. The Morgan fingerprint density at radius 2 is 1.68 bits per heavy atom. The molecule has 0 aliphatic heterocycles. The van der Waals surface area contributed by atoms with Crippen LogP contribution in [0.4, 0.5) is 0 Å². The Bertz CT molecular complexity index is 651. The highest BCUT2D eigenvalue weighted by atomic mass is 79.9. The van der Waals surface area contributed by atoms with Gasteiger partial charge in [0, 0.05) is 4.47 Å². The molecule has 96 valence electrons. The molecule has 0 atom stereocenters. The minimum atomic E-state index is 0.599. The van der Waals surface area contributed by atoms with E-state index in [2.05, 4.69) is 37.9 Å². The van der Waals surface area contributed by atoms with E-state index in [9.17, 15) is 0 Å². The van der Waals surface area contributed by atoms with E-state index >= 15 is 0 Å². The highest BCUT2D eigenvalue weighted by Crippen LogP contribution is 2.33. The molecule has 0 amide bonds. The van der Waals surface area contributed by atoms with E-state index in [1.54, 1.807) is 18.2 Å². The van der Waals surface area contributed by atoms with Gasteiger partial charge in [-0.05, 0) is 71.2 Å². The Labute approximate surface area is 129 Å². The molecule has 19 heavy (non-hydrogen) atoms. The summed E-state index contributed by atoms with van der Waals surface area (Å²) in [4.78, 5) is 0. The largest absolute Gasteiger partial charge is 0.456 e. The number of nitriles is 1. The van der Waals surface area contributed by atoms with E-state index in [1.807, 2.05) is 26.0 Å². The second kappa shape index (κ2) is 5.77. The normalized spacial score (nSPS) is 10.1. The molecule has 0 aromatic heterocycles. The van der Waals surface area contributed by atoms with Crippen LogP contribution in [0.3, 0.4) is 0 Å². The lowest BCUT2D eigenvalue weighted by atomic mass is 10.1. The predicted octanol–water partition coefficient (Wildman–Crippen LogP) is 5.49. The molecule has 2 aromatic carbocycles. The molecule has 0 heterocycles. The van der Waals surface area contributed by atoms with Gasteiger partial charge in [-0.1, -0.05) is 15.9 Å². The highest BCUT2D eigenvalue weighted by Gasteiger charge is 2.07. The van der Waals surface area contributed by atoms with Crippen LogP contribution in [0.1, 0.15) is 16.7 Å². The Morgan fingerprint density at radius 1 is 1.05 bits per heavy atom. The standard InChI is InChI=1S/C15H11Br2NO/c1-9-5-12(6-10(2)15(9)17)19-14-4-3-11(8-18)7-13(14)16/h3-7H,1-2H3. The molecule has 2 nitrogen and oxygen atoms in total. The van der Waals surface area contributed by atoms with Gasteiger partial charge in [0.15, 0.2) is 0 Å². The smallest absolute Gasteiger partial charge is 0.141 e. The monoisotopic (exact) mass is 379 g/mol. The van der Waals surface area contributed by atoms with Gasteiger partial charge >= 0.3 is 0 Å². The summed E-state index contributed by atoms with van der Waals surface area (Å²) in [6.07, 6.45) is 0. The number of hydrogen-bond acceptors (Lipinski definition) is 2. The van der Waals surface area contributed by atoms with E-state index in [0.29, 0.717) is 11.3 Å². The summed E-state index contributed by atoms with van der Waals surface area (Å²) in [5.74, 6) is 1.48. The summed E-state index contributed by atoms with van der Waals surface area (Å²) in [5.41, 5.74) is 2.85. The van der Waals surface area contributed by atoms with Crippen molar-refractivity contribution in [2.75, 3.05) is 0 Å². The van der Waals surface area contributed by atoms with Gasteiger partial charge in [-0.3, -0.25) is 0 Å². The van der Waals surface area contributed by atoms with E-state index in [1.165, 1.54) is 0 Å². The first-order valence-electron chi connectivity index (χ1n) is 5.65. The number of aryl methyl sites for hydroxylation is 2. The van der Waals surface area contributed by atoms with Crippen LogP contribution < -0.4 is 4.74 Å². The maximum atomic E-state index is 8.83. The van der Waals surface area contributed by atoms with Crippen LogP contribution in [-0.2, 0) is 0 Å². The number of ether oxygens (including phenoxy) is 1. The van der Waals surface area contributed by atoms with Crippen molar-refractivity contribution >= 4 is 31.9 Å². The molecular formula is C15H11Br2NO. The van der Waals surface area contributed by atoms with Gasteiger partial charge < -0.3 is 4.74 Å². The maximum absolute atomic E-state index is 8.83. The van der Waals surface area contributed by atoms with Crippen LogP contribution in [0.5, 0.6) is 11.5 Å². The molecule has 0 radical (unpaired) electrons. The molecule has 0 aliphatic carbocycles. The number of benzene rings is 2. The summed E-state index contributed by atoms with van der Waals surface area (Å²) in [6.45, 7) is 4.05. The Balaban J connectivity index is 2.34. The van der Waals surface area contributed by atoms with Crippen LogP contribution in [0.15, 0.2) is 39.3 Å². The first-order chi connectivity index (χ1) is 9.01. The molecule has 0 bridgehead atoms. The van der Waals surface area contributed by atoms with Crippen LogP contribution >= 0.6 is 31.9 Å². The lowest BCUT2D eigenvalue weighted by Crippen LogP contribution is -1.90. The summed E-state index contributed by atoms with van der Waals surface area (Å²) < 4.78 is 7.71. The fourth-order valence-electron chi connectivity index (χ4n) is 1.75. The molecular weight excluding hydrogens is 370 g/mol. The molecule has 0 unspecified atom stereocenters. The molecule has 2 aromatic rings. The third kappa shape index (κ3) is 3.17. The SMILES string of the molecule is Cc1cc(Oc2ccc(C#N)cc2Br)cc(C)c1Br. The van der Waals surface area contributed by atoms with Gasteiger partial charge in [-0.15, -0.1) is 0 Å². The lowest BCUT2D eigenvalue weighted by molar-refractivity contribution is 0.478. The highest BCUT2D eigenvalue weighted by molar-refractivity contribution is 9.10. The van der Waals surface area contributed by atoms with Crippen molar-refractivity contribution in [2.24, 2.45) is 0 Å². The van der Waals surface area contributed by atoms with Crippen LogP contribution in [0, 0.1) is 25.2 Å². The summed E-state index contributed by atoms with van der Waals surface area (Å²) in [6, 6.07) is 11.3. The van der Waals surface area contributed by atoms with Gasteiger partial charge in [-0.25, -0.2) is 0 Å². The Hall–Kier alpha value is -1.31. The average molecular weight is 381 g/mol. The molecule has 0 saturated heterocycles. The maximum Gasteiger partial charge on any atom is 0.141 e. The van der Waals surface area contributed by atoms with Gasteiger partial charge in [0.25, 0.3) is 0 Å². The van der Waals surface area contributed by atoms with Gasteiger partial charge in [0.2, 0.25) is 0 Å². The van der Waals surface area contributed by atoms with Crippen LogP contribution in [0.2, 0.25) is 0 Å². The summed E-state index contributed by atoms with van der Waals surface area (Å²) in [5, 5.41) is 8.83. The fraction of sp³-hybridized carbons (Fsp3) is 0.133. The van der Waals surface area contributed by atoms with Crippen LogP contribution in [0.25, 0.3) is 0 Å². The first-order valence-corrected chi connectivity index (χ1v) is 7.24. The number of rotatable bonds is 2. The van der Waals surface area contributed by atoms with Gasteiger partial charge in [-0.2, -0.15) is 5.26 Å². The van der Waals surface area contributed by atoms with E-state index in [4.69, 9.17) is 10.00 Å². The molecule has 2 rings (SSSR count). The third-order valence-corrected chi connectivity index (χ3v) is 4.57.